The van der Waals surface area contributed by atoms with E-state index in [2.05, 4.69) is 21.1 Å². The van der Waals surface area contributed by atoms with Crippen molar-refractivity contribution in [3.8, 4) is 0 Å². The van der Waals surface area contributed by atoms with Gasteiger partial charge in [-0.15, -0.1) is 16.4 Å². The molecule has 7 nitrogen and oxygen atoms in total. The van der Waals surface area contributed by atoms with E-state index in [-0.39, 0.29) is 5.56 Å². The maximum absolute atomic E-state index is 12.7. The first-order valence-corrected chi connectivity index (χ1v) is 8.39. The number of aryl methyl sites for hydroxylation is 2. The van der Waals surface area contributed by atoms with Crippen molar-refractivity contribution in [2.75, 3.05) is 7.11 Å². The predicted octanol–water partition coefficient (Wildman–Crippen LogP) is 1.89. The van der Waals surface area contributed by atoms with Crippen LogP contribution in [0.5, 0.6) is 0 Å². The number of ether oxygens (including phenoxy) is 1. The van der Waals surface area contributed by atoms with E-state index >= 15 is 0 Å². The van der Waals surface area contributed by atoms with Crippen LogP contribution in [-0.4, -0.2) is 31.3 Å². The minimum absolute atomic E-state index is 0.0674. The van der Waals surface area contributed by atoms with Gasteiger partial charge in [0.15, 0.2) is 5.82 Å². The Morgan fingerprint density at radius 2 is 2.25 bits per heavy atom. The molecule has 0 aliphatic rings. The van der Waals surface area contributed by atoms with Gasteiger partial charge in [0.1, 0.15) is 6.61 Å². The number of rotatable bonds is 5. The molecule has 4 aromatic rings. The maximum Gasteiger partial charge on any atom is 0.261 e. The first-order valence-electron chi connectivity index (χ1n) is 7.51. The molecule has 4 rings (SSSR count). The molecule has 0 saturated carbocycles. The molecule has 4 heterocycles. The molecule has 24 heavy (non-hydrogen) atoms. The molecule has 0 aromatic carbocycles. The third-order valence-electron chi connectivity index (χ3n) is 3.80. The summed E-state index contributed by atoms with van der Waals surface area (Å²) in [4.78, 5) is 22.5. The van der Waals surface area contributed by atoms with E-state index < -0.39 is 0 Å². The molecule has 0 amide bonds. The molecule has 0 fully saturated rings. The van der Waals surface area contributed by atoms with E-state index in [1.807, 2.05) is 17.5 Å². The molecule has 0 aliphatic heterocycles. The summed E-state index contributed by atoms with van der Waals surface area (Å²) >= 11 is 1.70. The van der Waals surface area contributed by atoms with Crippen LogP contribution in [0.1, 0.15) is 10.7 Å². The Labute approximate surface area is 141 Å². The average molecular weight is 341 g/mol. The van der Waals surface area contributed by atoms with Gasteiger partial charge in [-0.2, -0.15) is 9.50 Å². The fourth-order valence-corrected chi connectivity index (χ4v) is 3.35. The van der Waals surface area contributed by atoms with Crippen molar-refractivity contribution in [2.24, 2.45) is 0 Å². The molecule has 122 valence electrons. The molecular formula is C16H15N5O2S. The molecular weight excluding hydrogens is 326 g/mol. The van der Waals surface area contributed by atoms with E-state index in [0.717, 1.165) is 6.42 Å². The quantitative estimate of drug-likeness (QED) is 0.554. The summed E-state index contributed by atoms with van der Waals surface area (Å²) < 4.78 is 8.35. The van der Waals surface area contributed by atoms with E-state index in [1.165, 1.54) is 4.88 Å². The molecule has 0 unspecified atom stereocenters. The van der Waals surface area contributed by atoms with Gasteiger partial charge in [0.05, 0.1) is 10.9 Å². The van der Waals surface area contributed by atoms with Crippen LogP contribution in [0, 0.1) is 0 Å². The molecule has 0 radical (unpaired) electrons. The summed E-state index contributed by atoms with van der Waals surface area (Å²) in [6.07, 6.45) is 4.20. The molecule has 0 saturated heterocycles. The average Bonchev–Trinajstić information content (AvgIpc) is 3.23. The van der Waals surface area contributed by atoms with E-state index in [1.54, 1.807) is 39.9 Å². The Hall–Kier alpha value is -2.58. The number of fused-ring (bicyclic) bond motifs is 3. The second-order valence-corrected chi connectivity index (χ2v) is 6.41. The van der Waals surface area contributed by atoms with Crippen molar-refractivity contribution in [2.45, 2.75) is 19.6 Å². The van der Waals surface area contributed by atoms with Crippen LogP contribution < -0.4 is 5.56 Å². The number of nitrogens with zero attached hydrogens (tertiary/aromatic N) is 5. The largest absolute Gasteiger partial charge is 0.377 e. The molecule has 4 aromatic heterocycles. The summed E-state index contributed by atoms with van der Waals surface area (Å²) in [5.41, 5.74) is 0.634. The topological polar surface area (TPSA) is 74.3 Å². The lowest BCUT2D eigenvalue weighted by molar-refractivity contribution is 0.178. The lowest BCUT2D eigenvalue weighted by Gasteiger charge is -2.06. The van der Waals surface area contributed by atoms with Gasteiger partial charge >= 0.3 is 0 Å². The molecule has 0 atom stereocenters. The SMILES string of the molecule is COCc1nc2ncc3c(=O)n(CCc4cccs4)ccc3n2n1. The van der Waals surface area contributed by atoms with Crippen molar-refractivity contribution in [3.63, 3.8) is 0 Å². The Balaban J connectivity index is 1.75. The minimum atomic E-state index is -0.0674. The van der Waals surface area contributed by atoms with E-state index in [4.69, 9.17) is 4.74 Å². The molecule has 0 spiro atoms. The third kappa shape index (κ3) is 2.59. The summed E-state index contributed by atoms with van der Waals surface area (Å²) in [5.74, 6) is 1.00. The minimum Gasteiger partial charge on any atom is -0.377 e. The highest BCUT2D eigenvalue weighted by molar-refractivity contribution is 7.09. The summed E-state index contributed by atoms with van der Waals surface area (Å²) in [6, 6.07) is 5.98. The van der Waals surface area contributed by atoms with Crippen LogP contribution in [0.15, 0.2) is 40.8 Å². The van der Waals surface area contributed by atoms with Crippen LogP contribution in [-0.2, 0) is 24.3 Å². The van der Waals surface area contributed by atoms with Crippen molar-refractivity contribution >= 4 is 28.0 Å². The highest BCUT2D eigenvalue weighted by Gasteiger charge is 2.11. The van der Waals surface area contributed by atoms with Gasteiger partial charge in [0, 0.05) is 30.9 Å². The van der Waals surface area contributed by atoms with Gasteiger partial charge in [-0.1, -0.05) is 6.07 Å². The van der Waals surface area contributed by atoms with Gasteiger partial charge in [0.2, 0.25) is 0 Å². The fourth-order valence-electron chi connectivity index (χ4n) is 2.65. The number of hydrogen-bond acceptors (Lipinski definition) is 6. The first kappa shape index (κ1) is 15.0. The Morgan fingerprint density at radius 3 is 3.04 bits per heavy atom. The highest BCUT2D eigenvalue weighted by atomic mass is 32.1. The van der Waals surface area contributed by atoms with Crippen molar-refractivity contribution in [1.29, 1.82) is 0 Å². The fraction of sp³-hybridized carbons (Fsp3) is 0.250. The number of hydrogen-bond donors (Lipinski definition) is 0. The van der Waals surface area contributed by atoms with Crippen LogP contribution in [0.3, 0.4) is 0 Å². The maximum atomic E-state index is 12.7. The van der Waals surface area contributed by atoms with Gasteiger partial charge < -0.3 is 9.30 Å². The third-order valence-corrected chi connectivity index (χ3v) is 4.74. The zero-order valence-corrected chi connectivity index (χ0v) is 13.9. The predicted molar refractivity (Wildman–Crippen MR) is 91.3 cm³/mol. The highest BCUT2D eigenvalue weighted by Crippen LogP contribution is 2.12. The second-order valence-electron chi connectivity index (χ2n) is 5.37. The lowest BCUT2D eigenvalue weighted by Crippen LogP contribution is -2.21. The smallest absolute Gasteiger partial charge is 0.261 e. The molecule has 8 heteroatoms. The lowest BCUT2D eigenvalue weighted by atomic mass is 10.3. The Morgan fingerprint density at radius 1 is 1.33 bits per heavy atom. The summed E-state index contributed by atoms with van der Waals surface area (Å²) in [6.45, 7) is 0.947. The van der Waals surface area contributed by atoms with Crippen LogP contribution in [0.4, 0.5) is 0 Å². The van der Waals surface area contributed by atoms with Crippen molar-refractivity contribution < 1.29 is 4.74 Å². The molecule has 0 aliphatic carbocycles. The molecule has 0 bridgehead atoms. The monoisotopic (exact) mass is 341 g/mol. The van der Waals surface area contributed by atoms with Crippen molar-refractivity contribution in [3.05, 3.63) is 57.0 Å². The zero-order chi connectivity index (χ0) is 16.5. The van der Waals surface area contributed by atoms with Crippen LogP contribution in [0.2, 0.25) is 0 Å². The number of methoxy groups -OCH3 is 1. The van der Waals surface area contributed by atoms with Crippen LogP contribution in [0.25, 0.3) is 16.7 Å². The first-order chi connectivity index (χ1) is 11.8. The number of aromatic nitrogens is 5. The normalized spacial score (nSPS) is 11.5. The van der Waals surface area contributed by atoms with Crippen molar-refractivity contribution in [1.82, 2.24) is 24.1 Å². The second kappa shape index (κ2) is 6.14. The summed E-state index contributed by atoms with van der Waals surface area (Å²) in [5, 5.41) is 6.94. The summed E-state index contributed by atoms with van der Waals surface area (Å²) in [7, 11) is 1.59. The standard InChI is InChI=1S/C16H15N5O2S/c1-23-10-14-18-16-17-9-12-13(21(16)19-14)5-7-20(15(12)22)6-4-11-3-2-8-24-11/h2-3,5,7-9H,4,6,10H2,1H3. The molecule has 0 N–H and O–H groups in total. The number of pyridine rings is 1. The van der Waals surface area contributed by atoms with E-state index in [0.29, 0.717) is 35.7 Å². The van der Waals surface area contributed by atoms with Gasteiger partial charge in [-0.3, -0.25) is 4.79 Å². The number of thiophene rings is 1. The van der Waals surface area contributed by atoms with Crippen LogP contribution >= 0.6 is 11.3 Å². The van der Waals surface area contributed by atoms with E-state index in [9.17, 15) is 4.79 Å². The van der Waals surface area contributed by atoms with Gasteiger partial charge in [-0.25, -0.2) is 4.98 Å². The zero-order valence-electron chi connectivity index (χ0n) is 13.0. The van der Waals surface area contributed by atoms with Gasteiger partial charge in [0.25, 0.3) is 11.3 Å². The Kier molecular flexibility index (Phi) is 3.83. The van der Waals surface area contributed by atoms with Gasteiger partial charge in [-0.05, 0) is 23.9 Å². The Bertz CT molecular complexity index is 1050.